The maximum Gasteiger partial charge on any atom is 0.437 e. The van der Waals surface area contributed by atoms with Crippen molar-refractivity contribution in [3.05, 3.63) is 42.5 Å². The highest BCUT2D eigenvalue weighted by Crippen LogP contribution is 2.17. The van der Waals surface area contributed by atoms with Gasteiger partial charge >= 0.3 is 12.2 Å². The van der Waals surface area contributed by atoms with Gasteiger partial charge in [0.25, 0.3) is 0 Å². The van der Waals surface area contributed by atoms with E-state index in [0.29, 0.717) is 12.4 Å². The zero-order chi connectivity index (χ0) is 22.1. The fourth-order valence-electron chi connectivity index (χ4n) is 2.01. The molecule has 160 valence electrons. The Morgan fingerprint density at radius 1 is 1.07 bits per heavy atom. The minimum atomic E-state index is -0.841. The van der Waals surface area contributed by atoms with Crippen LogP contribution in [0.15, 0.2) is 41.9 Å². The highest BCUT2D eigenvalue weighted by molar-refractivity contribution is 5.98. The smallest absolute Gasteiger partial charge is 0.437 e. The summed E-state index contributed by atoms with van der Waals surface area (Å²) in [5, 5.41) is 5.36. The lowest BCUT2D eigenvalue weighted by atomic mass is 10.2. The van der Waals surface area contributed by atoms with E-state index in [-0.39, 0.29) is 12.5 Å². The molecule has 0 atom stereocenters. The highest BCUT2D eigenvalue weighted by Gasteiger charge is 2.20. The van der Waals surface area contributed by atoms with Crippen LogP contribution in [-0.4, -0.2) is 36.0 Å². The van der Waals surface area contributed by atoms with Crippen LogP contribution in [-0.2, 0) is 16.0 Å². The summed E-state index contributed by atoms with van der Waals surface area (Å²) < 4.78 is 16.0. The van der Waals surface area contributed by atoms with Gasteiger partial charge in [-0.25, -0.2) is 9.59 Å². The Morgan fingerprint density at radius 2 is 1.69 bits per heavy atom. The third kappa shape index (κ3) is 10.8. The van der Waals surface area contributed by atoms with Gasteiger partial charge in [0.2, 0.25) is 5.96 Å². The third-order valence-electron chi connectivity index (χ3n) is 2.99. The summed E-state index contributed by atoms with van der Waals surface area (Å²) >= 11 is 0. The zero-order valence-corrected chi connectivity index (χ0v) is 18.0. The lowest BCUT2D eigenvalue weighted by Gasteiger charge is -2.21. The van der Waals surface area contributed by atoms with Crippen molar-refractivity contribution >= 4 is 18.1 Å². The Kier molecular flexibility index (Phi) is 8.69. The molecule has 1 aromatic carbocycles. The molecule has 0 unspecified atom stereocenters. The molecule has 0 aliphatic rings. The molecule has 1 aromatic rings. The normalized spacial score (nSPS) is 12.0. The number of alkyl carbamates (subject to hydrolysis) is 1. The molecule has 8 nitrogen and oxygen atoms in total. The zero-order valence-electron chi connectivity index (χ0n) is 18.0. The Hall–Kier alpha value is -3.03. The molecule has 0 fully saturated rings. The quantitative estimate of drug-likeness (QED) is 0.434. The maximum atomic E-state index is 12.1. The summed E-state index contributed by atoms with van der Waals surface area (Å²) in [6.07, 6.45) is 0.0553. The molecule has 0 aliphatic heterocycles. The van der Waals surface area contributed by atoms with E-state index in [2.05, 4.69) is 22.2 Å². The Bertz CT molecular complexity index is 745. The molecule has 0 saturated carbocycles. The van der Waals surface area contributed by atoms with E-state index in [1.807, 2.05) is 24.3 Å². The minimum absolute atomic E-state index is 0.0907. The molecule has 2 N–H and O–H groups in total. The van der Waals surface area contributed by atoms with Gasteiger partial charge in [0.1, 0.15) is 23.6 Å². The predicted molar refractivity (Wildman–Crippen MR) is 112 cm³/mol. The number of carbonyl (C=O) groups is 2. The number of nitrogens with one attached hydrogen (secondary N) is 2. The van der Waals surface area contributed by atoms with Crippen LogP contribution in [0.4, 0.5) is 9.59 Å². The summed E-state index contributed by atoms with van der Waals surface area (Å²) in [5.74, 6) is 0.556. The average Bonchev–Trinajstić information content (AvgIpc) is 2.55. The molecule has 29 heavy (non-hydrogen) atoms. The summed E-state index contributed by atoms with van der Waals surface area (Å²) in [6, 6.07) is 7.36. The molecule has 0 aliphatic carbocycles. The summed E-state index contributed by atoms with van der Waals surface area (Å²) in [5.41, 5.74) is -0.619. The number of amides is 2. The predicted octanol–water partition coefficient (Wildman–Crippen LogP) is 4.16. The molecule has 2 amide bonds. The molecule has 0 heterocycles. The van der Waals surface area contributed by atoms with Gasteiger partial charge < -0.3 is 19.5 Å². The van der Waals surface area contributed by atoms with Crippen molar-refractivity contribution in [3.63, 3.8) is 0 Å². The molecule has 0 bridgehead atoms. The van der Waals surface area contributed by atoms with E-state index < -0.39 is 23.4 Å². The van der Waals surface area contributed by atoms with Crippen molar-refractivity contribution in [2.75, 3.05) is 6.61 Å². The second-order valence-electron chi connectivity index (χ2n) is 8.13. The maximum absolute atomic E-state index is 12.1. The van der Waals surface area contributed by atoms with Crippen LogP contribution in [0.25, 0.3) is 0 Å². The number of carbonyl (C=O) groups excluding carboxylic acids is 2. The van der Waals surface area contributed by atoms with Crippen LogP contribution in [0.5, 0.6) is 5.75 Å². The SMILES string of the molecule is C=CCOc1ccccc1CN/C(=N\C(=O)OC(C)(C)C)NC(=O)OC(C)(C)C. The summed E-state index contributed by atoms with van der Waals surface area (Å²) in [4.78, 5) is 28.0. The first-order valence-corrected chi connectivity index (χ1v) is 9.27. The number of aliphatic imine (C=N–C) groups is 1. The number of rotatable bonds is 5. The van der Waals surface area contributed by atoms with Gasteiger partial charge in [-0.2, -0.15) is 0 Å². The fourth-order valence-corrected chi connectivity index (χ4v) is 2.01. The van der Waals surface area contributed by atoms with E-state index >= 15 is 0 Å². The van der Waals surface area contributed by atoms with E-state index in [0.717, 1.165) is 5.56 Å². The van der Waals surface area contributed by atoms with Crippen LogP contribution in [0.2, 0.25) is 0 Å². The summed E-state index contributed by atoms with van der Waals surface area (Å²) in [7, 11) is 0. The number of benzene rings is 1. The highest BCUT2D eigenvalue weighted by atomic mass is 16.6. The molecule has 0 radical (unpaired) electrons. The van der Waals surface area contributed by atoms with Gasteiger partial charge in [0.15, 0.2) is 0 Å². The van der Waals surface area contributed by atoms with E-state index in [4.69, 9.17) is 14.2 Å². The van der Waals surface area contributed by atoms with Crippen LogP contribution >= 0.6 is 0 Å². The minimum Gasteiger partial charge on any atom is -0.489 e. The molecule has 0 aromatic heterocycles. The Labute approximate surface area is 172 Å². The topological polar surface area (TPSA) is 98.3 Å². The third-order valence-corrected chi connectivity index (χ3v) is 2.99. The Morgan fingerprint density at radius 3 is 2.28 bits per heavy atom. The van der Waals surface area contributed by atoms with Gasteiger partial charge in [-0.1, -0.05) is 30.9 Å². The van der Waals surface area contributed by atoms with Crippen molar-refractivity contribution in [1.29, 1.82) is 0 Å². The standard InChI is InChI=1S/C21H31N3O5/c1-8-13-27-16-12-10-9-11-15(16)14-22-17(23-18(25)28-20(2,3)4)24-19(26)29-21(5,6)7/h8-12H,1,13-14H2,2-7H3,(H2,22,23,24,25,26). The second kappa shape index (κ2) is 10.5. The van der Waals surface area contributed by atoms with Gasteiger partial charge in [-0.3, -0.25) is 5.32 Å². The first-order chi connectivity index (χ1) is 13.4. The molecule has 8 heteroatoms. The molecule has 0 spiro atoms. The van der Waals surface area contributed by atoms with Gasteiger partial charge in [-0.05, 0) is 47.6 Å². The van der Waals surface area contributed by atoms with E-state index in [1.54, 1.807) is 47.6 Å². The first kappa shape index (κ1) is 24.0. The Balaban J connectivity index is 2.95. The molecular formula is C21H31N3O5. The van der Waals surface area contributed by atoms with Gasteiger partial charge in [0.05, 0.1) is 0 Å². The number of hydrogen-bond donors (Lipinski definition) is 2. The first-order valence-electron chi connectivity index (χ1n) is 9.27. The van der Waals surface area contributed by atoms with Crippen molar-refractivity contribution in [3.8, 4) is 5.75 Å². The second-order valence-corrected chi connectivity index (χ2v) is 8.13. The van der Waals surface area contributed by atoms with Crippen LogP contribution < -0.4 is 15.4 Å². The average molecular weight is 405 g/mol. The summed E-state index contributed by atoms with van der Waals surface area (Å²) in [6.45, 7) is 14.6. The number of hydrogen-bond acceptors (Lipinski definition) is 5. The lowest BCUT2D eigenvalue weighted by Crippen LogP contribution is -2.44. The van der Waals surface area contributed by atoms with Crippen LogP contribution in [0, 0.1) is 0 Å². The van der Waals surface area contributed by atoms with Gasteiger partial charge in [0, 0.05) is 12.1 Å². The van der Waals surface area contributed by atoms with Crippen molar-refractivity contribution in [1.82, 2.24) is 10.6 Å². The van der Waals surface area contributed by atoms with Crippen molar-refractivity contribution in [2.45, 2.75) is 59.3 Å². The molecule has 0 saturated heterocycles. The number of ether oxygens (including phenoxy) is 3. The van der Waals surface area contributed by atoms with Crippen LogP contribution in [0.1, 0.15) is 47.1 Å². The lowest BCUT2D eigenvalue weighted by molar-refractivity contribution is 0.0560. The number of para-hydroxylation sites is 1. The number of nitrogens with zero attached hydrogens (tertiary/aromatic N) is 1. The van der Waals surface area contributed by atoms with Crippen molar-refractivity contribution < 1.29 is 23.8 Å². The largest absolute Gasteiger partial charge is 0.489 e. The van der Waals surface area contributed by atoms with E-state index in [9.17, 15) is 9.59 Å². The molecular weight excluding hydrogens is 374 g/mol. The van der Waals surface area contributed by atoms with Crippen LogP contribution in [0.3, 0.4) is 0 Å². The fraction of sp³-hybridized carbons (Fsp3) is 0.476. The van der Waals surface area contributed by atoms with E-state index in [1.165, 1.54) is 0 Å². The monoisotopic (exact) mass is 405 g/mol. The molecule has 1 rings (SSSR count). The van der Waals surface area contributed by atoms with Gasteiger partial charge in [-0.15, -0.1) is 4.99 Å². The number of guanidine groups is 1. The van der Waals surface area contributed by atoms with Crippen molar-refractivity contribution in [2.24, 2.45) is 4.99 Å².